The normalized spacial score (nSPS) is 10.5. The molecule has 0 aliphatic heterocycles. The summed E-state index contributed by atoms with van der Waals surface area (Å²) in [7, 11) is 0. The van der Waals surface area contributed by atoms with E-state index >= 15 is 0 Å². The number of hydrogen-bond acceptors (Lipinski definition) is 4. The monoisotopic (exact) mass is 323 g/mol. The zero-order valence-corrected chi connectivity index (χ0v) is 12.4. The molecule has 3 N–H and O–H groups in total. The highest BCUT2D eigenvalue weighted by atomic mass is 16.4. The molecule has 0 aliphatic carbocycles. The fourth-order valence-corrected chi connectivity index (χ4v) is 2.54. The molecule has 0 saturated heterocycles. The van der Waals surface area contributed by atoms with Gasteiger partial charge in [-0.3, -0.25) is 9.36 Å². The first-order valence-electron chi connectivity index (χ1n) is 7.07. The van der Waals surface area contributed by atoms with Crippen molar-refractivity contribution in [3.63, 3.8) is 0 Å². The molecular weight excluding hydrogens is 310 g/mol. The van der Waals surface area contributed by atoms with Crippen LogP contribution in [0.4, 0.5) is 0 Å². The van der Waals surface area contributed by atoms with E-state index in [1.54, 1.807) is 30.3 Å². The molecule has 120 valence electrons. The van der Waals surface area contributed by atoms with Crippen molar-refractivity contribution >= 4 is 11.8 Å². The summed E-state index contributed by atoms with van der Waals surface area (Å²) in [4.78, 5) is 24.4. The molecule has 0 amide bonds. The van der Waals surface area contributed by atoms with Gasteiger partial charge in [-0.25, -0.2) is 4.79 Å². The predicted octanol–water partition coefficient (Wildman–Crippen LogP) is 2.82. The predicted molar refractivity (Wildman–Crippen MR) is 85.9 cm³/mol. The maximum absolute atomic E-state index is 12.9. The second-order valence-corrected chi connectivity index (χ2v) is 5.09. The first-order valence-corrected chi connectivity index (χ1v) is 7.07. The Labute approximate surface area is 136 Å². The first-order chi connectivity index (χ1) is 11.5. The summed E-state index contributed by atoms with van der Waals surface area (Å²) in [5.41, 5.74) is 0.0641. The molecule has 6 nitrogen and oxygen atoms in total. The number of ketones is 1. The van der Waals surface area contributed by atoms with Crippen LogP contribution < -0.4 is 0 Å². The molecular formula is C18H13NO5. The van der Waals surface area contributed by atoms with Crippen molar-refractivity contribution in [2.24, 2.45) is 0 Å². The summed E-state index contributed by atoms with van der Waals surface area (Å²) in [6.07, 6.45) is 0. The Bertz CT molecular complexity index is 908. The molecule has 0 unspecified atom stereocenters. The molecule has 24 heavy (non-hydrogen) atoms. The zero-order chi connectivity index (χ0) is 17.3. The standard InChI is InChI=1S/C18H13NO5/c20-14-9-10-15(21)19(14)13-8-4-7-12(18(23)24)16(13)17(22)11-5-2-1-3-6-11/h1-10,20-21H,(H,23,24). The van der Waals surface area contributed by atoms with Crippen molar-refractivity contribution in [1.82, 2.24) is 4.57 Å². The number of carboxylic acid groups (broad SMARTS) is 1. The van der Waals surface area contributed by atoms with Gasteiger partial charge in [0, 0.05) is 17.7 Å². The SMILES string of the molecule is O=C(O)c1cccc(-n2c(O)ccc2O)c1C(=O)c1ccccc1. The van der Waals surface area contributed by atoms with Gasteiger partial charge in [-0.1, -0.05) is 36.4 Å². The van der Waals surface area contributed by atoms with Crippen LogP contribution in [0.25, 0.3) is 5.69 Å². The van der Waals surface area contributed by atoms with Crippen LogP contribution in [0.2, 0.25) is 0 Å². The van der Waals surface area contributed by atoms with Gasteiger partial charge in [-0.15, -0.1) is 0 Å². The smallest absolute Gasteiger partial charge is 0.336 e. The summed E-state index contributed by atoms with van der Waals surface area (Å²) in [5, 5.41) is 29.3. The molecule has 0 spiro atoms. The molecule has 1 aromatic heterocycles. The van der Waals surface area contributed by atoms with E-state index in [2.05, 4.69) is 0 Å². The van der Waals surface area contributed by atoms with Gasteiger partial charge < -0.3 is 15.3 Å². The average molecular weight is 323 g/mol. The van der Waals surface area contributed by atoms with E-state index < -0.39 is 11.8 Å². The molecule has 0 radical (unpaired) electrons. The highest BCUT2D eigenvalue weighted by Gasteiger charge is 2.24. The Morgan fingerprint density at radius 3 is 2.00 bits per heavy atom. The van der Waals surface area contributed by atoms with Gasteiger partial charge in [-0.2, -0.15) is 0 Å². The fourth-order valence-electron chi connectivity index (χ4n) is 2.54. The van der Waals surface area contributed by atoms with E-state index in [-0.39, 0.29) is 28.6 Å². The van der Waals surface area contributed by atoms with E-state index in [1.807, 2.05) is 0 Å². The Kier molecular flexibility index (Phi) is 3.79. The van der Waals surface area contributed by atoms with E-state index in [4.69, 9.17) is 0 Å². The number of benzene rings is 2. The highest BCUT2D eigenvalue weighted by molar-refractivity contribution is 6.16. The number of carboxylic acids is 1. The van der Waals surface area contributed by atoms with Crippen LogP contribution in [0.5, 0.6) is 11.8 Å². The van der Waals surface area contributed by atoms with E-state index in [0.29, 0.717) is 5.56 Å². The van der Waals surface area contributed by atoms with Gasteiger partial charge in [-0.05, 0) is 12.1 Å². The van der Waals surface area contributed by atoms with Crippen molar-refractivity contribution in [3.8, 4) is 17.4 Å². The zero-order valence-electron chi connectivity index (χ0n) is 12.4. The first kappa shape index (κ1) is 15.4. The van der Waals surface area contributed by atoms with Crippen LogP contribution in [-0.2, 0) is 0 Å². The average Bonchev–Trinajstić information content (AvgIpc) is 2.92. The third-order valence-corrected chi connectivity index (χ3v) is 3.62. The van der Waals surface area contributed by atoms with Crippen molar-refractivity contribution in [1.29, 1.82) is 0 Å². The van der Waals surface area contributed by atoms with Crippen molar-refractivity contribution in [2.75, 3.05) is 0 Å². The van der Waals surface area contributed by atoms with Crippen LogP contribution in [0, 0.1) is 0 Å². The summed E-state index contributed by atoms with van der Waals surface area (Å²) in [5.74, 6) is -2.41. The molecule has 1 heterocycles. The lowest BCUT2D eigenvalue weighted by molar-refractivity contribution is 0.0692. The van der Waals surface area contributed by atoms with Crippen LogP contribution in [-0.4, -0.2) is 31.6 Å². The Morgan fingerprint density at radius 2 is 1.42 bits per heavy atom. The van der Waals surface area contributed by atoms with Crippen molar-refractivity contribution < 1.29 is 24.9 Å². The van der Waals surface area contributed by atoms with E-state index in [9.17, 15) is 24.9 Å². The highest BCUT2D eigenvalue weighted by Crippen LogP contribution is 2.31. The van der Waals surface area contributed by atoms with Gasteiger partial charge in [0.05, 0.1) is 16.8 Å². The number of aromatic hydroxyl groups is 2. The van der Waals surface area contributed by atoms with Gasteiger partial charge in [0.1, 0.15) is 0 Å². The second kappa shape index (κ2) is 5.92. The topological polar surface area (TPSA) is 99.8 Å². The number of rotatable bonds is 4. The fraction of sp³-hybridized carbons (Fsp3) is 0. The summed E-state index contributed by atoms with van der Waals surface area (Å²) >= 11 is 0. The molecule has 0 bridgehead atoms. The van der Waals surface area contributed by atoms with E-state index in [1.165, 1.54) is 30.3 Å². The lowest BCUT2D eigenvalue weighted by Crippen LogP contribution is -2.14. The van der Waals surface area contributed by atoms with Gasteiger partial charge >= 0.3 is 5.97 Å². The van der Waals surface area contributed by atoms with Crippen molar-refractivity contribution in [3.05, 3.63) is 77.4 Å². The summed E-state index contributed by atoms with van der Waals surface area (Å²) in [6.45, 7) is 0. The van der Waals surface area contributed by atoms with Crippen molar-refractivity contribution in [2.45, 2.75) is 0 Å². The molecule has 6 heteroatoms. The number of aromatic carboxylic acids is 1. The summed E-state index contributed by atoms with van der Waals surface area (Å²) < 4.78 is 1.02. The lowest BCUT2D eigenvalue weighted by atomic mass is 9.96. The second-order valence-electron chi connectivity index (χ2n) is 5.09. The molecule has 3 aromatic rings. The number of nitrogens with zero attached hydrogens (tertiary/aromatic N) is 1. The van der Waals surface area contributed by atoms with Crippen LogP contribution >= 0.6 is 0 Å². The molecule has 3 rings (SSSR count). The minimum absolute atomic E-state index is 0.0868. The molecule has 0 aliphatic rings. The minimum Gasteiger partial charge on any atom is -0.494 e. The van der Waals surface area contributed by atoms with Crippen LogP contribution in [0.3, 0.4) is 0 Å². The van der Waals surface area contributed by atoms with E-state index in [0.717, 1.165) is 4.57 Å². The maximum atomic E-state index is 12.9. The third-order valence-electron chi connectivity index (χ3n) is 3.62. The Hall–Kier alpha value is -3.54. The Balaban J connectivity index is 2.30. The van der Waals surface area contributed by atoms with Gasteiger partial charge in [0.25, 0.3) is 0 Å². The molecule has 0 saturated carbocycles. The van der Waals surface area contributed by atoms with Crippen LogP contribution in [0.15, 0.2) is 60.7 Å². The number of aromatic nitrogens is 1. The minimum atomic E-state index is -1.28. The van der Waals surface area contributed by atoms with Gasteiger partial charge in [0.15, 0.2) is 17.5 Å². The number of carbonyl (C=O) groups is 2. The Morgan fingerprint density at radius 1 is 0.792 bits per heavy atom. The molecule has 0 fully saturated rings. The molecule has 0 atom stereocenters. The van der Waals surface area contributed by atoms with Crippen LogP contribution in [0.1, 0.15) is 26.3 Å². The summed E-state index contributed by atoms with van der Waals surface area (Å²) in [6, 6.07) is 14.9. The lowest BCUT2D eigenvalue weighted by Gasteiger charge is -2.14. The largest absolute Gasteiger partial charge is 0.494 e. The van der Waals surface area contributed by atoms with Gasteiger partial charge in [0.2, 0.25) is 0 Å². The quantitative estimate of drug-likeness (QED) is 0.641. The maximum Gasteiger partial charge on any atom is 0.336 e. The number of hydrogen-bond donors (Lipinski definition) is 3. The molecule has 2 aromatic carbocycles. The third kappa shape index (κ3) is 2.50. The number of carbonyl (C=O) groups excluding carboxylic acids is 1.